The summed E-state index contributed by atoms with van der Waals surface area (Å²) in [6.45, 7) is 1.38. The maximum atomic E-state index is 14.7. The number of benzene rings is 1. The summed E-state index contributed by atoms with van der Waals surface area (Å²) >= 11 is 0. The average molecular weight is 339 g/mol. The van der Waals surface area contributed by atoms with Crippen molar-refractivity contribution in [3.05, 3.63) is 47.5 Å². The summed E-state index contributed by atoms with van der Waals surface area (Å²) < 4.78 is 36.9. The van der Waals surface area contributed by atoms with Crippen molar-refractivity contribution in [3.8, 4) is 0 Å². The van der Waals surface area contributed by atoms with E-state index in [1.807, 2.05) is 0 Å². The molecule has 1 aromatic carbocycles. The van der Waals surface area contributed by atoms with Gasteiger partial charge in [-0.3, -0.25) is 9.59 Å². The van der Waals surface area contributed by atoms with Crippen LogP contribution in [0.4, 0.5) is 4.39 Å². The molecule has 0 saturated carbocycles. The van der Waals surface area contributed by atoms with Crippen LogP contribution in [0.3, 0.4) is 0 Å². The first-order chi connectivity index (χ1) is 10.6. The molecule has 0 unspecified atom stereocenters. The van der Waals surface area contributed by atoms with E-state index in [4.69, 9.17) is 0 Å². The first kappa shape index (κ1) is 17.3. The van der Waals surface area contributed by atoms with Gasteiger partial charge in [0.25, 0.3) is 0 Å². The SMILES string of the molecule is CC=CC(=O)c1ccc(C2(F)CN(C(=O)CS(C)(=O)=O)C2)cc1. The molecule has 0 N–H and O–H groups in total. The van der Waals surface area contributed by atoms with Gasteiger partial charge in [-0.05, 0) is 18.6 Å². The highest BCUT2D eigenvalue weighted by molar-refractivity contribution is 7.91. The molecule has 0 spiro atoms. The topological polar surface area (TPSA) is 71.5 Å². The number of allylic oxidation sites excluding steroid dienone is 2. The molecule has 1 heterocycles. The van der Waals surface area contributed by atoms with Crippen molar-refractivity contribution >= 4 is 21.5 Å². The molecule has 0 atom stereocenters. The van der Waals surface area contributed by atoms with Gasteiger partial charge in [-0.15, -0.1) is 0 Å². The number of sulfone groups is 1. The van der Waals surface area contributed by atoms with E-state index in [0.717, 1.165) is 6.26 Å². The lowest BCUT2D eigenvalue weighted by Gasteiger charge is -2.44. The number of carbonyl (C=O) groups is 2. The molecule has 1 aliphatic heterocycles. The number of hydrogen-bond donors (Lipinski definition) is 0. The molecule has 124 valence electrons. The van der Waals surface area contributed by atoms with Crippen LogP contribution in [0.1, 0.15) is 22.8 Å². The fraction of sp³-hybridized carbons (Fsp3) is 0.375. The van der Waals surface area contributed by atoms with Crippen molar-refractivity contribution in [2.75, 3.05) is 25.1 Å². The Hall–Kier alpha value is -2.02. The smallest absolute Gasteiger partial charge is 0.237 e. The van der Waals surface area contributed by atoms with Gasteiger partial charge in [0.15, 0.2) is 21.3 Å². The highest BCUT2D eigenvalue weighted by atomic mass is 32.2. The molecule has 1 aliphatic rings. The lowest BCUT2D eigenvalue weighted by atomic mass is 9.87. The molecule has 1 fully saturated rings. The van der Waals surface area contributed by atoms with Gasteiger partial charge >= 0.3 is 0 Å². The standard InChI is InChI=1S/C16H18FNO4S/c1-3-4-14(19)12-5-7-13(8-6-12)16(17)10-18(11-16)15(20)9-23(2,21)22/h3-8H,9-11H2,1-2H3. The maximum Gasteiger partial charge on any atom is 0.237 e. The minimum Gasteiger partial charge on any atom is -0.335 e. The molecule has 7 heteroatoms. The Morgan fingerprint density at radius 3 is 2.30 bits per heavy atom. The zero-order valence-corrected chi connectivity index (χ0v) is 13.8. The number of likely N-dealkylation sites (tertiary alicyclic amines) is 1. The van der Waals surface area contributed by atoms with Crippen molar-refractivity contribution in [2.45, 2.75) is 12.6 Å². The molecule has 23 heavy (non-hydrogen) atoms. The Balaban J connectivity index is 2.04. The van der Waals surface area contributed by atoms with Gasteiger partial charge in [0.05, 0.1) is 13.1 Å². The van der Waals surface area contributed by atoms with Crippen LogP contribution in [-0.2, 0) is 20.3 Å². The molecule has 2 rings (SSSR count). The molecule has 0 aromatic heterocycles. The fourth-order valence-corrected chi connectivity index (χ4v) is 3.05. The first-order valence-electron chi connectivity index (χ1n) is 7.06. The van der Waals surface area contributed by atoms with Crippen LogP contribution in [0.5, 0.6) is 0 Å². The number of alkyl halides is 1. The third kappa shape index (κ3) is 4.04. The quantitative estimate of drug-likeness (QED) is 0.602. The molecule has 1 saturated heterocycles. The molecular formula is C16H18FNO4S. The third-order valence-electron chi connectivity index (χ3n) is 3.63. The van der Waals surface area contributed by atoms with Crippen molar-refractivity contribution < 1.29 is 22.4 Å². The fourth-order valence-electron chi connectivity index (χ4n) is 2.41. The largest absolute Gasteiger partial charge is 0.335 e. The maximum absolute atomic E-state index is 14.7. The minimum absolute atomic E-state index is 0.162. The molecule has 0 aliphatic carbocycles. The second-order valence-electron chi connectivity index (χ2n) is 5.73. The monoisotopic (exact) mass is 339 g/mol. The summed E-state index contributed by atoms with van der Waals surface area (Å²) in [5.41, 5.74) is -0.868. The van der Waals surface area contributed by atoms with E-state index >= 15 is 0 Å². The van der Waals surface area contributed by atoms with Crippen molar-refractivity contribution in [2.24, 2.45) is 0 Å². The van der Waals surface area contributed by atoms with Gasteiger partial charge in [-0.2, -0.15) is 0 Å². The molecule has 0 radical (unpaired) electrons. The number of amides is 1. The van der Waals surface area contributed by atoms with E-state index in [1.54, 1.807) is 25.1 Å². The van der Waals surface area contributed by atoms with Crippen LogP contribution in [0.2, 0.25) is 0 Å². The van der Waals surface area contributed by atoms with E-state index in [0.29, 0.717) is 11.1 Å². The van der Waals surface area contributed by atoms with Gasteiger partial charge in [0.1, 0.15) is 5.75 Å². The van der Waals surface area contributed by atoms with Gasteiger partial charge in [-0.25, -0.2) is 12.8 Å². The normalized spacial score (nSPS) is 17.1. The molecule has 1 aromatic rings. The Morgan fingerprint density at radius 1 is 1.26 bits per heavy atom. The van der Waals surface area contributed by atoms with Gasteiger partial charge in [-0.1, -0.05) is 30.3 Å². The number of hydrogen-bond acceptors (Lipinski definition) is 4. The Bertz CT molecular complexity index is 747. The molecule has 1 amide bonds. The third-order valence-corrected chi connectivity index (χ3v) is 4.40. The van der Waals surface area contributed by atoms with Crippen LogP contribution < -0.4 is 0 Å². The van der Waals surface area contributed by atoms with E-state index in [1.165, 1.54) is 23.1 Å². The zero-order chi connectivity index (χ0) is 17.3. The van der Waals surface area contributed by atoms with Gasteiger partial charge in [0.2, 0.25) is 5.91 Å². The summed E-state index contributed by atoms with van der Waals surface area (Å²) in [4.78, 5) is 24.6. The van der Waals surface area contributed by atoms with E-state index in [-0.39, 0.29) is 18.9 Å². The van der Waals surface area contributed by atoms with Gasteiger partial charge in [0, 0.05) is 11.8 Å². The Morgan fingerprint density at radius 2 is 1.83 bits per heavy atom. The summed E-state index contributed by atoms with van der Waals surface area (Å²) in [6.07, 6.45) is 4.02. The number of ketones is 1. The summed E-state index contributed by atoms with van der Waals surface area (Å²) in [5.74, 6) is -1.37. The van der Waals surface area contributed by atoms with Crippen molar-refractivity contribution in [3.63, 3.8) is 0 Å². The summed E-state index contributed by atoms with van der Waals surface area (Å²) in [6, 6.07) is 6.13. The van der Waals surface area contributed by atoms with Gasteiger partial charge < -0.3 is 4.90 Å². The lowest BCUT2D eigenvalue weighted by molar-refractivity contribution is -0.143. The zero-order valence-electron chi connectivity index (χ0n) is 13.0. The number of nitrogens with zero attached hydrogens (tertiary/aromatic N) is 1. The van der Waals surface area contributed by atoms with Crippen LogP contribution in [-0.4, -0.2) is 50.1 Å². The lowest BCUT2D eigenvalue weighted by Crippen LogP contribution is -2.59. The predicted molar refractivity (Wildman–Crippen MR) is 84.7 cm³/mol. The minimum atomic E-state index is -3.42. The van der Waals surface area contributed by atoms with Crippen LogP contribution >= 0.6 is 0 Å². The highest BCUT2D eigenvalue weighted by Gasteiger charge is 2.47. The van der Waals surface area contributed by atoms with Crippen LogP contribution in [0, 0.1) is 0 Å². The number of rotatable bonds is 5. The first-order valence-corrected chi connectivity index (χ1v) is 9.13. The number of halogens is 1. The Kier molecular flexibility index (Phi) is 4.70. The molecule has 5 nitrogen and oxygen atoms in total. The second kappa shape index (κ2) is 6.23. The average Bonchev–Trinajstić information content (AvgIpc) is 2.42. The highest BCUT2D eigenvalue weighted by Crippen LogP contribution is 2.36. The molecular weight excluding hydrogens is 321 g/mol. The van der Waals surface area contributed by atoms with Crippen LogP contribution in [0.25, 0.3) is 0 Å². The summed E-state index contributed by atoms with van der Waals surface area (Å²) in [7, 11) is -3.42. The van der Waals surface area contributed by atoms with Crippen molar-refractivity contribution in [1.29, 1.82) is 0 Å². The Labute approximate surface area is 134 Å². The second-order valence-corrected chi connectivity index (χ2v) is 7.87. The van der Waals surface area contributed by atoms with E-state index < -0.39 is 27.2 Å². The summed E-state index contributed by atoms with van der Waals surface area (Å²) in [5, 5.41) is 0. The number of carbonyl (C=O) groups excluding carboxylic acids is 2. The van der Waals surface area contributed by atoms with Crippen molar-refractivity contribution in [1.82, 2.24) is 4.90 Å². The predicted octanol–water partition coefficient (Wildman–Crippen LogP) is 1.50. The van der Waals surface area contributed by atoms with Crippen LogP contribution in [0.15, 0.2) is 36.4 Å². The molecule has 0 bridgehead atoms. The van der Waals surface area contributed by atoms with E-state index in [9.17, 15) is 22.4 Å². The van der Waals surface area contributed by atoms with E-state index in [2.05, 4.69) is 0 Å².